The van der Waals surface area contributed by atoms with E-state index in [0.717, 1.165) is 32.1 Å². The van der Waals surface area contributed by atoms with Crippen LogP contribution in [0.1, 0.15) is 42.5 Å². The minimum absolute atomic E-state index is 0.0725. The molecule has 0 N–H and O–H groups in total. The van der Waals surface area contributed by atoms with E-state index in [1.54, 1.807) is 17.4 Å². The van der Waals surface area contributed by atoms with Gasteiger partial charge in [-0.3, -0.25) is 14.9 Å². The van der Waals surface area contributed by atoms with Gasteiger partial charge in [-0.25, -0.2) is 0 Å². The molecule has 6 nitrogen and oxygen atoms in total. The largest absolute Gasteiger partial charge is 0.470 e. The van der Waals surface area contributed by atoms with E-state index in [2.05, 4.69) is 11.4 Å². The molecular weight excluding hydrogens is 412 g/mol. The Hall–Kier alpha value is -2.12. The number of ether oxygens (including phenoxy) is 1. The van der Waals surface area contributed by atoms with Gasteiger partial charge in [0.2, 0.25) is 6.10 Å². The number of hydrogen-bond acceptors (Lipinski definition) is 5. The molecular formula is C21H21ClN2O4S. The van der Waals surface area contributed by atoms with Crippen molar-refractivity contribution in [1.82, 2.24) is 4.90 Å². The summed E-state index contributed by atoms with van der Waals surface area (Å²) in [4.78, 5) is 27.4. The maximum atomic E-state index is 13.1. The standard InChI is InChI=1S/C21H21ClN2O4S/c22-14-6-7-17(16(12-14)24(26)27)28-19-20(25)23-10-8-18-15(9-11-29-18)21(19,23)13-4-2-1-3-5-13/h6-7,9,11-13,19H,1-5,8,10H2/t19-,21+/m1/s1. The summed E-state index contributed by atoms with van der Waals surface area (Å²) in [6.45, 7) is 0.686. The number of thiophene rings is 1. The molecule has 0 unspecified atom stereocenters. The van der Waals surface area contributed by atoms with E-state index in [1.165, 1.54) is 29.0 Å². The van der Waals surface area contributed by atoms with E-state index < -0.39 is 16.6 Å². The number of β-lactam (4-membered cyclic amide) rings is 1. The quantitative estimate of drug-likeness (QED) is 0.390. The summed E-state index contributed by atoms with van der Waals surface area (Å²) in [5, 5.41) is 13.9. The molecule has 2 aromatic rings. The maximum Gasteiger partial charge on any atom is 0.312 e. The number of halogens is 1. The Kier molecular flexibility index (Phi) is 4.55. The Morgan fingerprint density at radius 1 is 1.24 bits per heavy atom. The smallest absolute Gasteiger partial charge is 0.312 e. The van der Waals surface area contributed by atoms with Crippen LogP contribution in [0.5, 0.6) is 5.75 Å². The molecule has 152 valence electrons. The van der Waals surface area contributed by atoms with Gasteiger partial charge in [-0.15, -0.1) is 11.3 Å². The molecule has 3 heterocycles. The van der Waals surface area contributed by atoms with Gasteiger partial charge in [-0.05, 0) is 54.3 Å². The molecule has 1 aliphatic carbocycles. The van der Waals surface area contributed by atoms with Crippen molar-refractivity contribution >= 4 is 34.5 Å². The van der Waals surface area contributed by atoms with Gasteiger partial charge in [0, 0.05) is 22.5 Å². The lowest BCUT2D eigenvalue weighted by atomic mass is 9.61. The summed E-state index contributed by atoms with van der Waals surface area (Å²) in [5.41, 5.74) is 0.462. The first-order valence-corrected chi connectivity index (χ1v) is 11.3. The van der Waals surface area contributed by atoms with Gasteiger partial charge in [0.25, 0.3) is 5.91 Å². The number of rotatable bonds is 4. The third-order valence-corrected chi connectivity index (χ3v) is 7.88. The number of nitrogens with zero attached hydrogens (tertiary/aromatic N) is 2. The molecule has 0 radical (unpaired) electrons. The molecule has 0 spiro atoms. The molecule has 3 aliphatic rings. The van der Waals surface area contributed by atoms with Crippen LogP contribution in [0.2, 0.25) is 5.02 Å². The molecule has 1 aromatic heterocycles. The van der Waals surface area contributed by atoms with Gasteiger partial charge in [-0.1, -0.05) is 30.9 Å². The second-order valence-electron chi connectivity index (χ2n) is 8.02. The molecule has 0 bridgehead atoms. The van der Waals surface area contributed by atoms with Gasteiger partial charge < -0.3 is 9.64 Å². The highest BCUT2D eigenvalue weighted by atomic mass is 35.5. The van der Waals surface area contributed by atoms with Gasteiger partial charge in [0.15, 0.2) is 5.75 Å². The fraction of sp³-hybridized carbons (Fsp3) is 0.476. The van der Waals surface area contributed by atoms with Gasteiger partial charge in [0.05, 0.1) is 4.92 Å². The molecule has 2 atom stereocenters. The SMILES string of the molecule is O=C1[C@@H](Oc2ccc(Cl)cc2[N+](=O)[O-])[C@]2(C3CCCCC3)c3ccsc3CCN12. The van der Waals surface area contributed by atoms with E-state index >= 15 is 0 Å². The highest BCUT2D eigenvalue weighted by Gasteiger charge is 2.68. The predicted octanol–water partition coefficient (Wildman–Crippen LogP) is 4.93. The second-order valence-corrected chi connectivity index (χ2v) is 9.46. The van der Waals surface area contributed by atoms with Crippen LogP contribution in [0.4, 0.5) is 5.69 Å². The number of nitro groups is 1. The number of nitro benzene ring substituents is 1. The number of hydrogen-bond donors (Lipinski definition) is 0. The summed E-state index contributed by atoms with van der Waals surface area (Å²) in [6, 6.07) is 6.47. The average Bonchev–Trinajstić information content (AvgIpc) is 3.20. The van der Waals surface area contributed by atoms with Gasteiger partial charge in [0.1, 0.15) is 5.54 Å². The number of amides is 1. The maximum absolute atomic E-state index is 13.1. The lowest BCUT2D eigenvalue weighted by molar-refractivity contribution is -0.386. The van der Waals surface area contributed by atoms with Crippen LogP contribution < -0.4 is 4.74 Å². The fourth-order valence-corrected chi connectivity index (χ4v) is 6.57. The van der Waals surface area contributed by atoms with Crippen molar-refractivity contribution in [2.75, 3.05) is 6.54 Å². The lowest BCUT2D eigenvalue weighted by Crippen LogP contribution is -2.78. The second kappa shape index (κ2) is 6.99. The number of carbonyl (C=O) groups excluding carboxylic acids is 1. The normalized spacial score (nSPS) is 26.4. The minimum Gasteiger partial charge on any atom is -0.470 e. The van der Waals surface area contributed by atoms with E-state index in [0.29, 0.717) is 12.5 Å². The molecule has 29 heavy (non-hydrogen) atoms. The predicted molar refractivity (Wildman–Crippen MR) is 111 cm³/mol. The third-order valence-electron chi connectivity index (χ3n) is 6.67. The van der Waals surface area contributed by atoms with Crippen LogP contribution >= 0.6 is 22.9 Å². The Labute approximate surface area is 177 Å². The third kappa shape index (κ3) is 2.70. The molecule has 8 heteroatoms. The van der Waals surface area contributed by atoms with Crippen molar-refractivity contribution in [2.45, 2.75) is 50.2 Å². The summed E-state index contributed by atoms with van der Waals surface area (Å²) in [7, 11) is 0. The van der Waals surface area contributed by atoms with Crippen LogP contribution in [0.3, 0.4) is 0 Å². The highest BCUT2D eigenvalue weighted by molar-refractivity contribution is 7.10. The fourth-order valence-electron chi connectivity index (χ4n) is 5.47. The lowest BCUT2D eigenvalue weighted by Gasteiger charge is -2.62. The van der Waals surface area contributed by atoms with Crippen LogP contribution in [-0.4, -0.2) is 28.4 Å². The first-order chi connectivity index (χ1) is 14.0. The number of fused-ring (bicyclic) bond motifs is 3. The highest BCUT2D eigenvalue weighted by Crippen LogP contribution is 2.57. The van der Waals surface area contributed by atoms with E-state index in [-0.39, 0.29) is 22.4 Å². The number of carbonyl (C=O) groups is 1. The Bertz CT molecular complexity index is 987. The minimum atomic E-state index is -0.737. The van der Waals surface area contributed by atoms with Crippen molar-refractivity contribution < 1.29 is 14.5 Å². The summed E-state index contributed by atoms with van der Waals surface area (Å²) >= 11 is 7.68. The Morgan fingerprint density at radius 3 is 2.79 bits per heavy atom. The van der Waals surface area contributed by atoms with Crippen molar-refractivity contribution in [1.29, 1.82) is 0 Å². The van der Waals surface area contributed by atoms with Crippen LogP contribution in [0.25, 0.3) is 0 Å². The zero-order chi connectivity index (χ0) is 20.2. The first-order valence-electron chi connectivity index (χ1n) is 10.0. The van der Waals surface area contributed by atoms with Crippen LogP contribution in [0.15, 0.2) is 29.6 Å². The molecule has 1 aromatic carbocycles. The average molecular weight is 433 g/mol. The van der Waals surface area contributed by atoms with Crippen molar-refractivity contribution in [3.63, 3.8) is 0 Å². The summed E-state index contributed by atoms with van der Waals surface area (Å²) < 4.78 is 6.18. The molecule has 1 saturated heterocycles. The van der Waals surface area contributed by atoms with Crippen molar-refractivity contribution in [3.05, 3.63) is 55.2 Å². The Morgan fingerprint density at radius 2 is 2.03 bits per heavy atom. The zero-order valence-electron chi connectivity index (χ0n) is 15.8. The van der Waals surface area contributed by atoms with Crippen molar-refractivity contribution in [3.8, 4) is 5.75 Å². The monoisotopic (exact) mass is 432 g/mol. The van der Waals surface area contributed by atoms with Gasteiger partial charge >= 0.3 is 5.69 Å². The Balaban J connectivity index is 1.60. The van der Waals surface area contributed by atoms with E-state index in [9.17, 15) is 14.9 Å². The first kappa shape index (κ1) is 18.9. The summed E-state index contributed by atoms with van der Waals surface area (Å²) in [5.74, 6) is 0.338. The molecule has 1 amide bonds. The molecule has 2 aliphatic heterocycles. The zero-order valence-corrected chi connectivity index (χ0v) is 17.4. The van der Waals surface area contributed by atoms with Crippen LogP contribution in [0, 0.1) is 16.0 Å². The number of benzene rings is 1. The molecule has 5 rings (SSSR count). The van der Waals surface area contributed by atoms with E-state index in [4.69, 9.17) is 16.3 Å². The van der Waals surface area contributed by atoms with E-state index in [1.807, 2.05) is 4.90 Å². The van der Waals surface area contributed by atoms with Crippen molar-refractivity contribution in [2.24, 2.45) is 5.92 Å². The van der Waals surface area contributed by atoms with Gasteiger partial charge in [-0.2, -0.15) is 0 Å². The molecule has 2 fully saturated rings. The van der Waals surface area contributed by atoms with Crippen LogP contribution in [-0.2, 0) is 16.8 Å². The topological polar surface area (TPSA) is 72.7 Å². The molecule has 1 saturated carbocycles. The summed E-state index contributed by atoms with van der Waals surface area (Å²) in [6.07, 6.45) is 5.71.